The monoisotopic (exact) mass is 264 g/mol. The first kappa shape index (κ1) is 12.8. The molecule has 0 saturated carbocycles. The molecule has 1 aromatic carbocycles. The first-order valence-corrected chi connectivity index (χ1v) is 5.34. The fourth-order valence-corrected chi connectivity index (χ4v) is 1.87. The third-order valence-corrected chi connectivity index (χ3v) is 2.75. The molecule has 100 valence electrons. The highest BCUT2D eigenvalue weighted by atomic mass is 19.3. The van der Waals surface area contributed by atoms with E-state index in [1.807, 2.05) is 0 Å². The van der Waals surface area contributed by atoms with E-state index in [0.717, 1.165) is 0 Å². The van der Waals surface area contributed by atoms with E-state index in [1.54, 1.807) is 0 Å². The van der Waals surface area contributed by atoms with E-state index in [0.29, 0.717) is 5.69 Å². The maximum Gasteiger partial charge on any atom is 0.387 e. The van der Waals surface area contributed by atoms with E-state index in [4.69, 9.17) is 5.73 Å². The number of nitrogens with two attached hydrogens (primary N) is 1. The minimum absolute atomic E-state index is 0.0463. The van der Waals surface area contributed by atoms with Gasteiger partial charge in [-0.1, -0.05) is 0 Å². The van der Waals surface area contributed by atoms with Gasteiger partial charge >= 0.3 is 6.61 Å². The van der Waals surface area contributed by atoms with Crippen molar-refractivity contribution in [3.63, 3.8) is 0 Å². The molecule has 0 atom stereocenters. The van der Waals surface area contributed by atoms with Gasteiger partial charge in [-0.2, -0.15) is 8.78 Å². The average Bonchev–Trinajstić information content (AvgIpc) is 2.61. The van der Waals surface area contributed by atoms with Crippen molar-refractivity contribution in [2.75, 3.05) is 23.7 Å². The zero-order chi connectivity index (χ0) is 13.3. The highest BCUT2D eigenvalue weighted by Gasteiger charge is 2.38. The SMILES string of the molecule is Nc1ccc(N2CCC(F)(F)C2)cc1OC(F)F. The predicted octanol–water partition coefficient (Wildman–Crippen LogP) is 2.72. The van der Waals surface area contributed by atoms with Crippen molar-refractivity contribution in [2.45, 2.75) is 19.0 Å². The number of alkyl halides is 4. The van der Waals surface area contributed by atoms with Crippen LogP contribution >= 0.6 is 0 Å². The van der Waals surface area contributed by atoms with Crippen LogP contribution in [0.1, 0.15) is 6.42 Å². The van der Waals surface area contributed by atoms with Crippen molar-refractivity contribution < 1.29 is 22.3 Å². The van der Waals surface area contributed by atoms with Crippen LogP contribution in [0.5, 0.6) is 5.75 Å². The van der Waals surface area contributed by atoms with Gasteiger partial charge in [0.1, 0.15) is 0 Å². The lowest BCUT2D eigenvalue weighted by Gasteiger charge is -2.19. The number of nitrogens with zero attached hydrogens (tertiary/aromatic N) is 1. The average molecular weight is 264 g/mol. The first-order chi connectivity index (χ1) is 8.37. The second-order valence-electron chi connectivity index (χ2n) is 4.13. The van der Waals surface area contributed by atoms with Crippen LogP contribution in [0.4, 0.5) is 28.9 Å². The van der Waals surface area contributed by atoms with Gasteiger partial charge in [0.05, 0.1) is 12.2 Å². The lowest BCUT2D eigenvalue weighted by Crippen LogP contribution is -2.24. The summed E-state index contributed by atoms with van der Waals surface area (Å²) in [4.78, 5) is 1.41. The summed E-state index contributed by atoms with van der Waals surface area (Å²) in [5.41, 5.74) is 5.91. The summed E-state index contributed by atoms with van der Waals surface area (Å²) >= 11 is 0. The van der Waals surface area contributed by atoms with E-state index < -0.39 is 19.1 Å². The molecule has 0 unspecified atom stereocenters. The quantitative estimate of drug-likeness (QED) is 0.674. The molecular formula is C11H12F4N2O. The molecule has 1 fully saturated rings. The minimum Gasteiger partial charge on any atom is -0.433 e. The molecule has 0 amide bonds. The van der Waals surface area contributed by atoms with Gasteiger partial charge in [0.25, 0.3) is 5.92 Å². The Kier molecular flexibility index (Phi) is 3.23. The molecule has 2 N–H and O–H groups in total. The molecule has 3 nitrogen and oxygen atoms in total. The van der Waals surface area contributed by atoms with E-state index in [-0.39, 0.29) is 24.4 Å². The third kappa shape index (κ3) is 2.77. The molecule has 0 spiro atoms. The van der Waals surface area contributed by atoms with Crippen molar-refractivity contribution in [3.8, 4) is 5.75 Å². The van der Waals surface area contributed by atoms with Crippen molar-refractivity contribution in [2.24, 2.45) is 0 Å². The van der Waals surface area contributed by atoms with Gasteiger partial charge in [0.2, 0.25) is 0 Å². The number of ether oxygens (including phenoxy) is 1. The predicted molar refractivity (Wildman–Crippen MR) is 59.3 cm³/mol. The maximum atomic E-state index is 13.1. The van der Waals surface area contributed by atoms with Gasteiger partial charge in [-0.05, 0) is 12.1 Å². The summed E-state index contributed by atoms with van der Waals surface area (Å²) in [5, 5.41) is 0. The van der Waals surface area contributed by atoms with Crippen LogP contribution in [0.25, 0.3) is 0 Å². The van der Waals surface area contributed by atoms with Crippen LogP contribution in [-0.2, 0) is 0 Å². The van der Waals surface area contributed by atoms with Gasteiger partial charge in [-0.3, -0.25) is 0 Å². The van der Waals surface area contributed by atoms with Crippen molar-refractivity contribution >= 4 is 11.4 Å². The second-order valence-corrected chi connectivity index (χ2v) is 4.13. The fourth-order valence-electron chi connectivity index (χ4n) is 1.87. The molecule has 18 heavy (non-hydrogen) atoms. The van der Waals surface area contributed by atoms with Gasteiger partial charge < -0.3 is 15.4 Å². The summed E-state index contributed by atoms with van der Waals surface area (Å²) in [6.45, 7) is -3.25. The van der Waals surface area contributed by atoms with Crippen LogP contribution < -0.4 is 15.4 Å². The first-order valence-electron chi connectivity index (χ1n) is 5.34. The highest BCUT2D eigenvalue weighted by Crippen LogP contribution is 2.34. The summed E-state index contributed by atoms with van der Waals surface area (Å²) in [5.74, 6) is -2.94. The zero-order valence-corrected chi connectivity index (χ0v) is 9.38. The minimum atomic E-state index is -3.00. The standard InChI is InChI=1S/C11H12F4N2O/c12-10(13)18-9-5-7(1-2-8(9)16)17-4-3-11(14,15)6-17/h1-2,5,10H,3-4,6,16H2. The molecule has 1 heterocycles. The summed E-state index contributed by atoms with van der Waals surface area (Å²) in [6.07, 6.45) is -0.248. The molecule has 7 heteroatoms. The third-order valence-electron chi connectivity index (χ3n) is 2.75. The van der Waals surface area contributed by atoms with Crippen LogP contribution in [0.2, 0.25) is 0 Å². The Morgan fingerprint density at radius 2 is 2.06 bits per heavy atom. The Morgan fingerprint density at radius 3 is 2.61 bits per heavy atom. The number of anilines is 2. The topological polar surface area (TPSA) is 38.5 Å². The van der Waals surface area contributed by atoms with Gasteiger partial charge in [-0.15, -0.1) is 0 Å². The van der Waals surface area contributed by atoms with Crippen LogP contribution in [0, 0.1) is 0 Å². The van der Waals surface area contributed by atoms with Crippen LogP contribution in [-0.4, -0.2) is 25.6 Å². The Bertz CT molecular complexity index is 439. The molecule has 0 aromatic heterocycles. The van der Waals surface area contributed by atoms with Crippen LogP contribution in [0.3, 0.4) is 0 Å². The van der Waals surface area contributed by atoms with E-state index in [9.17, 15) is 17.6 Å². The molecule has 1 saturated heterocycles. The number of nitrogen functional groups attached to an aromatic ring is 1. The largest absolute Gasteiger partial charge is 0.433 e. The normalized spacial score (nSPS) is 18.4. The molecule has 2 rings (SSSR count). The number of hydrogen-bond acceptors (Lipinski definition) is 3. The second kappa shape index (κ2) is 4.55. The van der Waals surface area contributed by atoms with Gasteiger partial charge in [-0.25, -0.2) is 8.78 Å². The number of rotatable bonds is 3. The van der Waals surface area contributed by atoms with E-state index in [1.165, 1.54) is 23.1 Å². The molecule has 0 aliphatic carbocycles. The lowest BCUT2D eigenvalue weighted by atomic mass is 10.2. The van der Waals surface area contributed by atoms with E-state index >= 15 is 0 Å². The summed E-state index contributed by atoms with van der Waals surface area (Å²) in [6, 6.07) is 4.13. The molecular weight excluding hydrogens is 252 g/mol. The Hall–Kier alpha value is -1.66. The number of benzene rings is 1. The summed E-state index contributed by atoms with van der Waals surface area (Å²) < 4.78 is 54.6. The smallest absolute Gasteiger partial charge is 0.387 e. The molecule has 1 aliphatic rings. The Balaban J connectivity index is 2.19. The number of halogens is 4. The van der Waals surface area contributed by atoms with Crippen molar-refractivity contribution in [3.05, 3.63) is 18.2 Å². The maximum absolute atomic E-state index is 13.1. The molecule has 0 radical (unpaired) electrons. The molecule has 1 aliphatic heterocycles. The van der Waals surface area contributed by atoms with Gasteiger partial charge in [0.15, 0.2) is 5.75 Å². The zero-order valence-electron chi connectivity index (χ0n) is 9.38. The Morgan fingerprint density at radius 1 is 1.33 bits per heavy atom. The molecule has 1 aromatic rings. The lowest BCUT2D eigenvalue weighted by molar-refractivity contribution is -0.0493. The number of hydrogen-bond donors (Lipinski definition) is 1. The molecule has 0 bridgehead atoms. The van der Waals surface area contributed by atoms with Crippen LogP contribution in [0.15, 0.2) is 18.2 Å². The highest BCUT2D eigenvalue weighted by molar-refractivity contribution is 5.62. The summed E-state index contributed by atoms with van der Waals surface area (Å²) in [7, 11) is 0. The fraction of sp³-hybridized carbons (Fsp3) is 0.455. The van der Waals surface area contributed by atoms with Gasteiger partial charge in [0, 0.05) is 24.7 Å². The Labute approximate surface area is 101 Å². The van der Waals surface area contributed by atoms with Crippen molar-refractivity contribution in [1.82, 2.24) is 0 Å². The van der Waals surface area contributed by atoms with E-state index in [2.05, 4.69) is 4.74 Å². The van der Waals surface area contributed by atoms with Crippen molar-refractivity contribution in [1.29, 1.82) is 0 Å².